The van der Waals surface area contributed by atoms with Crippen molar-refractivity contribution in [3.8, 4) is 0 Å². The summed E-state index contributed by atoms with van der Waals surface area (Å²) in [6, 6.07) is 11.8. The fourth-order valence-electron chi connectivity index (χ4n) is 1.73. The molecular formula is C14H17N3O. The molecule has 0 atom stereocenters. The molecule has 1 aromatic heterocycles. The van der Waals surface area contributed by atoms with Crippen LogP contribution in [0.5, 0.6) is 0 Å². The standard InChI is InChI=1S/C14H17N3O/c1-18-10-12-4-2-3-11(7-12)9-17-14-8-13(15)5-6-16-14/h2-8H,9-10H2,1H3,(H3,15,16,17). The molecule has 0 saturated carbocycles. The molecular weight excluding hydrogens is 226 g/mol. The molecule has 0 aliphatic heterocycles. The number of hydrogen-bond donors (Lipinski definition) is 2. The van der Waals surface area contributed by atoms with Gasteiger partial charge >= 0.3 is 0 Å². The Kier molecular flexibility index (Phi) is 4.15. The van der Waals surface area contributed by atoms with Gasteiger partial charge in [0.2, 0.25) is 0 Å². The number of methoxy groups -OCH3 is 1. The van der Waals surface area contributed by atoms with E-state index in [0.717, 1.165) is 11.4 Å². The average Bonchev–Trinajstić information content (AvgIpc) is 2.37. The topological polar surface area (TPSA) is 60.2 Å². The Morgan fingerprint density at radius 1 is 1.22 bits per heavy atom. The van der Waals surface area contributed by atoms with Crippen LogP contribution < -0.4 is 11.1 Å². The van der Waals surface area contributed by atoms with Gasteiger partial charge in [-0.05, 0) is 17.2 Å². The van der Waals surface area contributed by atoms with Gasteiger partial charge in [-0.25, -0.2) is 4.98 Å². The maximum atomic E-state index is 5.69. The van der Waals surface area contributed by atoms with E-state index in [2.05, 4.69) is 22.4 Å². The van der Waals surface area contributed by atoms with E-state index in [4.69, 9.17) is 10.5 Å². The molecule has 2 rings (SSSR count). The van der Waals surface area contributed by atoms with Crippen LogP contribution in [-0.2, 0) is 17.9 Å². The lowest BCUT2D eigenvalue weighted by atomic mass is 10.1. The Balaban J connectivity index is 1.99. The molecule has 0 unspecified atom stereocenters. The number of nitrogens with zero attached hydrogens (tertiary/aromatic N) is 1. The second kappa shape index (κ2) is 6.02. The molecule has 0 spiro atoms. The van der Waals surface area contributed by atoms with E-state index in [1.54, 1.807) is 19.4 Å². The molecule has 0 aliphatic rings. The monoisotopic (exact) mass is 243 g/mol. The number of anilines is 2. The van der Waals surface area contributed by atoms with E-state index in [0.29, 0.717) is 18.8 Å². The van der Waals surface area contributed by atoms with Crippen LogP contribution >= 0.6 is 0 Å². The minimum absolute atomic E-state index is 0.629. The number of nitrogens with one attached hydrogen (secondary N) is 1. The summed E-state index contributed by atoms with van der Waals surface area (Å²) in [4.78, 5) is 4.20. The van der Waals surface area contributed by atoms with Crippen LogP contribution in [0.4, 0.5) is 11.5 Å². The molecule has 2 aromatic rings. The van der Waals surface area contributed by atoms with Gasteiger partial charge in [-0.2, -0.15) is 0 Å². The van der Waals surface area contributed by atoms with Gasteiger partial charge in [-0.1, -0.05) is 24.3 Å². The Bertz CT molecular complexity index is 514. The van der Waals surface area contributed by atoms with E-state index in [-0.39, 0.29) is 0 Å². The lowest BCUT2D eigenvalue weighted by Crippen LogP contribution is -2.02. The molecule has 4 nitrogen and oxygen atoms in total. The third-order valence-electron chi connectivity index (χ3n) is 2.56. The minimum atomic E-state index is 0.629. The van der Waals surface area contributed by atoms with Crippen LogP contribution in [0.1, 0.15) is 11.1 Å². The van der Waals surface area contributed by atoms with Gasteiger partial charge in [0.05, 0.1) is 6.61 Å². The van der Waals surface area contributed by atoms with Crippen molar-refractivity contribution in [2.24, 2.45) is 0 Å². The third-order valence-corrected chi connectivity index (χ3v) is 2.56. The predicted molar refractivity (Wildman–Crippen MR) is 73.1 cm³/mol. The van der Waals surface area contributed by atoms with Crippen LogP contribution in [0, 0.1) is 0 Å². The van der Waals surface area contributed by atoms with E-state index in [1.807, 2.05) is 18.2 Å². The third kappa shape index (κ3) is 3.46. The SMILES string of the molecule is COCc1cccc(CNc2cc(N)ccn2)c1. The van der Waals surface area contributed by atoms with E-state index in [9.17, 15) is 0 Å². The summed E-state index contributed by atoms with van der Waals surface area (Å²) in [6.07, 6.45) is 1.69. The molecule has 0 bridgehead atoms. The Hall–Kier alpha value is -2.07. The average molecular weight is 243 g/mol. The molecule has 3 N–H and O–H groups in total. The smallest absolute Gasteiger partial charge is 0.128 e. The first-order valence-electron chi connectivity index (χ1n) is 5.80. The zero-order chi connectivity index (χ0) is 12.8. The normalized spacial score (nSPS) is 10.3. The van der Waals surface area contributed by atoms with Crippen molar-refractivity contribution >= 4 is 11.5 Å². The van der Waals surface area contributed by atoms with E-state index < -0.39 is 0 Å². The van der Waals surface area contributed by atoms with Crippen LogP contribution in [0.3, 0.4) is 0 Å². The maximum Gasteiger partial charge on any atom is 0.128 e. The highest BCUT2D eigenvalue weighted by Crippen LogP contribution is 2.11. The number of rotatable bonds is 5. The quantitative estimate of drug-likeness (QED) is 0.846. The van der Waals surface area contributed by atoms with Gasteiger partial charge in [0, 0.05) is 31.6 Å². The maximum absolute atomic E-state index is 5.69. The highest BCUT2D eigenvalue weighted by Gasteiger charge is 1.98. The summed E-state index contributed by atoms with van der Waals surface area (Å²) in [5.41, 5.74) is 8.76. The van der Waals surface area contributed by atoms with Gasteiger partial charge in [0.1, 0.15) is 5.82 Å². The van der Waals surface area contributed by atoms with Crippen molar-refractivity contribution in [1.29, 1.82) is 0 Å². The molecule has 0 radical (unpaired) electrons. The van der Waals surface area contributed by atoms with Crippen molar-refractivity contribution in [1.82, 2.24) is 4.98 Å². The minimum Gasteiger partial charge on any atom is -0.399 e. The molecule has 1 heterocycles. The molecule has 0 amide bonds. The van der Waals surface area contributed by atoms with Gasteiger partial charge < -0.3 is 15.8 Å². The Labute approximate surface area is 107 Å². The highest BCUT2D eigenvalue weighted by molar-refractivity contribution is 5.48. The summed E-state index contributed by atoms with van der Waals surface area (Å²) >= 11 is 0. The first kappa shape index (κ1) is 12.4. The molecule has 1 aromatic carbocycles. The molecule has 4 heteroatoms. The zero-order valence-electron chi connectivity index (χ0n) is 10.4. The van der Waals surface area contributed by atoms with Crippen molar-refractivity contribution in [3.05, 3.63) is 53.7 Å². The zero-order valence-corrected chi connectivity index (χ0v) is 10.4. The lowest BCUT2D eigenvalue weighted by Gasteiger charge is -2.07. The number of nitrogens with two attached hydrogens (primary N) is 1. The van der Waals surface area contributed by atoms with Crippen LogP contribution in [0.15, 0.2) is 42.6 Å². The number of nitrogen functional groups attached to an aromatic ring is 1. The highest BCUT2D eigenvalue weighted by atomic mass is 16.5. The number of hydrogen-bond acceptors (Lipinski definition) is 4. The molecule has 94 valence electrons. The van der Waals surface area contributed by atoms with Crippen molar-refractivity contribution in [2.75, 3.05) is 18.2 Å². The first-order chi connectivity index (χ1) is 8.78. The number of pyridine rings is 1. The van der Waals surface area contributed by atoms with Crippen LogP contribution in [-0.4, -0.2) is 12.1 Å². The Morgan fingerprint density at radius 2 is 2.06 bits per heavy atom. The summed E-state index contributed by atoms with van der Waals surface area (Å²) in [7, 11) is 1.70. The van der Waals surface area contributed by atoms with E-state index >= 15 is 0 Å². The van der Waals surface area contributed by atoms with Crippen LogP contribution in [0.2, 0.25) is 0 Å². The van der Waals surface area contributed by atoms with Crippen molar-refractivity contribution in [3.63, 3.8) is 0 Å². The summed E-state index contributed by atoms with van der Waals surface area (Å²) in [6.45, 7) is 1.35. The fourth-order valence-corrected chi connectivity index (χ4v) is 1.73. The fraction of sp³-hybridized carbons (Fsp3) is 0.214. The second-order valence-electron chi connectivity index (χ2n) is 4.08. The summed E-state index contributed by atoms with van der Waals surface area (Å²) in [5, 5.41) is 3.24. The van der Waals surface area contributed by atoms with Gasteiger partial charge in [0.25, 0.3) is 0 Å². The molecule has 0 fully saturated rings. The Morgan fingerprint density at radius 3 is 2.83 bits per heavy atom. The largest absolute Gasteiger partial charge is 0.399 e. The van der Waals surface area contributed by atoms with Gasteiger partial charge in [-0.15, -0.1) is 0 Å². The second-order valence-corrected chi connectivity index (χ2v) is 4.08. The van der Waals surface area contributed by atoms with E-state index in [1.165, 1.54) is 5.56 Å². The number of aromatic nitrogens is 1. The molecule has 0 aliphatic carbocycles. The predicted octanol–water partition coefficient (Wildman–Crippen LogP) is 2.42. The summed E-state index contributed by atoms with van der Waals surface area (Å²) < 4.78 is 5.11. The molecule has 18 heavy (non-hydrogen) atoms. The molecule has 0 saturated heterocycles. The van der Waals surface area contributed by atoms with Crippen molar-refractivity contribution in [2.45, 2.75) is 13.2 Å². The number of ether oxygens (including phenoxy) is 1. The van der Waals surface area contributed by atoms with Crippen LogP contribution in [0.25, 0.3) is 0 Å². The summed E-state index contributed by atoms with van der Waals surface area (Å²) in [5.74, 6) is 0.784. The van der Waals surface area contributed by atoms with Gasteiger partial charge in [0.15, 0.2) is 0 Å². The van der Waals surface area contributed by atoms with Gasteiger partial charge in [-0.3, -0.25) is 0 Å². The van der Waals surface area contributed by atoms with Crippen molar-refractivity contribution < 1.29 is 4.74 Å². The first-order valence-corrected chi connectivity index (χ1v) is 5.80. The number of benzene rings is 1. The lowest BCUT2D eigenvalue weighted by molar-refractivity contribution is 0.185.